The highest BCUT2D eigenvalue weighted by Crippen LogP contribution is 2.27. The fourth-order valence-electron chi connectivity index (χ4n) is 1.50. The van der Waals surface area contributed by atoms with Crippen LogP contribution in [0.15, 0.2) is 30.3 Å². The number of hydrogen-bond acceptors (Lipinski definition) is 2. The summed E-state index contributed by atoms with van der Waals surface area (Å²) in [6, 6.07) is 9.29. The van der Waals surface area contributed by atoms with Crippen LogP contribution in [0, 0.1) is 6.92 Å². The summed E-state index contributed by atoms with van der Waals surface area (Å²) in [6.45, 7) is 1.95. The van der Waals surface area contributed by atoms with Gasteiger partial charge in [-0.1, -0.05) is 12.1 Å². The smallest absolute Gasteiger partial charge is 0.123 e. The first kappa shape index (κ1) is 7.92. The quantitative estimate of drug-likeness (QED) is 0.601. The van der Waals surface area contributed by atoms with Crippen molar-refractivity contribution in [2.45, 2.75) is 6.92 Å². The maximum atomic E-state index is 9.62. The lowest BCUT2D eigenvalue weighted by Crippen LogP contribution is -1.84. The second-order valence-corrected chi connectivity index (χ2v) is 3.26. The molecule has 2 nitrogen and oxygen atoms in total. The van der Waals surface area contributed by atoms with Gasteiger partial charge in [0.1, 0.15) is 5.75 Å². The van der Waals surface area contributed by atoms with Crippen LogP contribution in [-0.4, -0.2) is 5.11 Å². The number of nitrogens with two attached hydrogens (primary N) is 1. The molecule has 2 rings (SSSR count). The van der Waals surface area contributed by atoms with Crippen molar-refractivity contribution in [1.29, 1.82) is 0 Å². The molecule has 13 heavy (non-hydrogen) atoms. The second kappa shape index (κ2) is 2.66. The summed E-state index contributed by atoms with van der Waals surface area (Å²) in [6.07, 6.45) is 0. The van der Waals surface area contributed by atoms with Gasteiger partial charge in [-0.3, -0.25) is 0 Å². The van der Waals surface area contributed by atoms with Gasteiger partial charge in [0.05, 0.1) is 0 Å². The SMILES string of the molecule is Cc1cc(O)c2cc(N)ccc2c1. The first-order valence-electron chi connectivity index (χ1n) is 4.16. The average molecular weight is 173 g/mol. The van der Waals surface area contributed by atoms with Crippen LogP contribution in [0.25, 0.3) is 10.8 Å². The van der Waals surface area contributed by atoms with Gasteiger partial charge in [0.25, 0.3) is 0 Å². The summed E-state index contributed by atoms with van der Waals surface area (Å²) in [5.74, 6) is 0.294. The standard InChI is InChI=1S/C11H11NO/c1-7-4-8-2-3-9(12)6-10(8)11(13)5-7/h2-6,13H,12H2,1H3. The molecular weight excluding hydrogens is 162 g/mol. The van der Waals surface area contributed by atoms with Gasteiger partial charge in [-0.2, -0.15) is 0 Å². The molecule has 0 atom stereocenters. The summed E-state index contributed by atoms with van der Waals surface area (Å²) >= 11 is 0. The van der Waals surface area contributed by atoms with Gasteiger partial charge in [-0.25, -0.2) is 0 Å². The van der Waals surface area contributed by atoms with E-state index in [2.05, 4.69) is 0 Å². The van der Waals surface area contributed by atoms with E-state index in [1.165, 1.54) is 0 Å². The van der Waals surface area contributed by atoms with Crippen molar-refractivity contribution in [1.82, 2.24) is 0 Å². The molecule has 0 amide bonds. The third-order valence-electron chi connectivity index (χ3n) is 2.10. The van der Waals surface area contributed by atoms with Crippen molar-refractivity contribution >= 4 is 16.5 Å². The number of aryl methyl sites for hydroxylation is 1. The zero-order valence-electron chi connectivity index (χ0n) is 7.41. The van der Waals surface area contributed by atoms with E-state index in [1.807, 2.05) is 25.1 Å². The average Bonchev–Trinajstić information content (AvgIpc) is 2.06. The van der Waals surface area contributed by atoms with E-state index in [0.29, 0.717) is 11.4 Å². The molecule has 0 unspecified atom stereocenters. The Bertz CT molecular complexity index is 463. The summed E-state index contributed by atoms with van der Waals surface area (Å²) in [5.41, 5.74) is 7.34. The predicted octanol–water partition coefficient (Wildman–Crippen LogP) is 2.44. The monoisotopic (exact) mass is 173 g/mol. The first-order chi connectivity index (χ1) is 6.16. The Kier molecular flexibility index (Phi) is 1.62. The molecule has 0 bridgehead atoms. The van der Waals surface area contributed by atoms with E-state index in [9.17, 15) is 5.11 Å². The van der Waals surface area contributed by atoms with Crippen LogP contribution in [0.4, 0.5) is 5.69 Å². The number of aromatic hydroxyl groups is 1. The van der Waals surface area contributed by atoms with Crippen molar-refractivity contribution in [3.8, 4) is 5.75 Å². The van der Waals surface area contributed by atoms with Crippen LogP contribution < -0.4 is 5.73 Å². The molecule has 0 heterocycles. The molecule has 2 heteroatoms. The van der Waals surface area contributed by atoms with Crippen molar-refractivity contribution in [3.05, 3.63) is 35.9 Å². The van der Waals surface area contributed by atoms with Crippen LogP contribution in [0.3, 0.4) is 0 Å². The van der Waals surface area contributed by atoms with Gasteiger partial charge in [0, 0.05) is 11.1 Å². The molecule has 0 aromatic heterocycles. The molecule has 0 radical (unpaired) electrons. The van der Waals surface area contributed by atoms with E-state index in [0.717, 1.165) is 16.3 Å². The zero-order chi connectivity index (χ0) is 9.42. The number of nitrogen functional groups attached to an aromatic ring is 1. The lowest BCUT2D eigenvalue weighted by molar-refractivity contribution is 0.481. The molecule has 2 aromatic carbocycles. The minimum atomic E-state index is 0.294. The normalized spacial score (nSPS) is 10.5. The van der Waals surface area contributed by atoms with E-state index >= 15 is 0 Å². The molecule has 3 N–H and O–H groups in total. The van der Waals surface area contributed by atoms with E-state index in [-0.39, 0.29) is 0 Å². The molecular formula is C11H11NO. The molecule has 0 aliphatic rings. The maximum absolute atomic E-state index is 9.62. The number of anilines is 1. The van der Waals surface area contributed by atoms with Gasteiger partial charge >= 0.3 is 0 Å². The van der Waals surface area contributed by atoms with Crippen LogP contribution in [0.5, 0.6) is 5.75 Å². The topological polar surface area (TPSA) is 46.2 Å². The Balaban J connectivity index is 2.87. The van der Waals surface area contributed by atoms with Crippen LogP contribution >= 0.6 is 0 Å². The lowest BCUT2D eigenvalue weighted by Gasteiger charge is -2.03. The highest BCUT2D eigenvalue weighted by atomic mass is 16.3. The second-order valence-electron chi connectivity index (χ2n) is 3.26. The molecule has 0 aliphatic carbocycles. The van der Waals surface area contributed by atoms with Crippen LogP contribution in [0.2, 0.25) is 0 Å². The summed E-state index contributed by atoms with van der Waals surface area (Å²) in [7, 11) is 0. The van der Waals surface area contributed by atoms with Crippen molar-refractivity contribution in [2.75, 3.05) is 5.73 Å². The Morgan fingerprint density at radius 1 is 1.15 bits per heavy atom. The highest BCUT2D eigenvalue weighted by Gasteiger charge is 2.00. The summed E-state index contributed by atoms with van der Waals surface area (Å²) < 4.78 is 0. The third kappa shape index (κ3) is 1.31. The van der Waals surface area contributed by atoms with Crippen molar-refractivity contribution in [3.63, 3.8) is 0 Å². The minimum absolute atomic E-state index is 0.294. The first-order valence-corrected chi connectivity index (χ1v) is 4.16. The van der Waals surface area contributed by atoms with Gasteiger partial charge in [0.15, 0.2) is 0 Å². The number of rotatable bonds is 0. The largest absolute Gasteiger partial charge is 0.507 e. The van der Waals surface area contributed by atoms with Crippen LogP contribution in [-0.2, 0) is 0 Å². The Labute approximate surface area is 76.6 Å². The number of fused-ring (bicyclic) bond motifs is 1. The summed E-state index contributed by atoms with van der Waals surface area (Å²) in [5, 5.41) is 11.5. The molecule has 0 saturated heterocycles. The number of phenolic OH excluding ortho intramolecular Hbond substituents is 1. The number of hydrogen-bond donors (Lipinski definition) is 2. The van der Waals surface area contributed by atoms with E-state index in [1.54, 1.807) is 12.1 Å². The maximum Gasteiger partial charge on any atom is 0.123 e. The van der Waals surface area contributed by atoms with E-state index < -0.39 is 0 Å². The molecule has 0 spiro atoms. The van der Waals surface area contributed by atoms with E-state index in [4.69, 9.17) is 5.73 Å². The fraction of sp³-hybridized carbons (Fsp3) is 0.0909. The third-order valence-corrected chi connectivity index (χ3v) is 2.10. The Hall–Kier alpha value is -1.70. The molecule has 0 saturated carbocycles. The minimum Gasteiger partial charge on any atom is -0.507 e. The van der Waals surface area contributed by atoms with Crippen molar-refractivity contribution < 1.29 is 5.11 Å². The summed E-state index contributed by atoms with van der Waals surface area (Å²) in [4.78, 5) is 0. The highest BCUT2D eigenvalue weighted by molar-refractivity contribution is 5.91. The molecule has 0 aliphatic heterocycles. The number of benzene rings is 2. The fourth-order valence-corrected chi connectivity index (χ4v) is 1.50. The Morgan fingerprint density at radius 2 is 1.92 bits per heavy atom. The number of phenols is 1. The van der Waals surface area contributed by atoms with Gasteiger partial charge in [-0.15, -0.1) is 0 Å². The van der Waals surface area contributed by atoms with Crippen molar-refractivity contribution in [2.24, 2.45) is 0 Å². The van der Waals surface area contributed by atoms with Gasteiger partial charge in [-0.05, 0) is 36.1 Å². The van der Waals surface area contributed by atoms with Crippen LogP contribution in [0.1, 0.15) is 5.56 Å². The van der Waals surface area contributed by atoms with Gasteiger partial charge < -0.3 is 10.8 Å². The molecule has 66 valence electrons. The molecule has 2 aromatic rings. The predicted molar refractivity (Wildman–Crippen MR) is 54.8 cm³/mol. The van der Waals surface area contributed by atoms with Gasteiger partial charge in [0.2, 0.25) is 0 Å². The zero-order valence-corrected chi connectivity index (χ0v) is 7.41. The Morgan fingerprint density at radius 3 is 2.69 bits per heavy atom. The lowest BCUT2D eigenvalue weighted by atomic mass is 10.1. The molecule has 0 fully saturated rings.